The van der Waals surface area contributed by atoms with Crippen molar-refractivity contribution in [3.8, 4) is 0 Å². The van der Waals surface area contributed by atoms with Gasteiger partial charge >= 0.3 is 0 Å². The van der Waals surface area contributed by atoms with Crippen LogP contribution in [0.1, 0.15) is 25.3 Å². The fourth-order valence-electron chi connectivity index (χ4n) is 0.920. The molecule has 0 spiro atoms. The molecule has 0 saturated carbocycles. The molecular weight excluding hydrogens is 156 g/mol. The van der Waals surface area contributed by atoms with Gasteiger partial charge in [-0.1, -0.05) is 25.6 Å². The average Bonchev–Trinajstić information content (AvgIpc) is 2.03. The molecule has 60 valence electrons. The van der Waals surface area contributed by atoms with E-state index < -0.39 is 0 Å². The summed E-state index contributed by atoms with van der Waals surface area (Å²) in [6.45, 7) is 2.17. The van der Waals surface area contributed by atoms with Gasteiger partial charge < -0.3 is 4.98 Å². The van der Waals surface area contributed by atoms with Crippen LogP contribution in [0, 0.1) is 4.64 Å². The van der Waals surface area contributed by atoms with Crippen LogP contribution in [-0.2, 0) is 6.42 Å². The first-order chi connectivity index (χ1) is 5.34. The molecule has 2 nitrogen and oxygen atoms in total. The largest absolute Gasteiger partial charge is 0.337 e. The van der Waals surface area contributed by atoms with Crippen LogP contribution in [0.15, 0.2) is 12.5 Å². The van der Waals surface area contributed by atoms with Crippen LogP contribution in [0.25, 0.3) is 0 Å². The first-order valence-electron chi connectivity index (χ1n) is 3.86. The summed E-state index contributed by atoms with van der Waals surface area (Å²) in [5.74, 6) is 0. The van der Waals surface area contributed by atoms with E-state index in [0.29, 0.717) is 0 Å². The van der Waals surface area contributed by atoms with Crippen LogP contribution in [0.2, 0.25) is 0 Å². The molecular formula is C8H12N2S. The van der Waals surface area contributed by atoms with Crippen LogP contribution in [-0.4, -0.2) is 9.97 Å². The maximum atomic E-state index is 5.07. The van der Waals surface area contributed by atoms with Gasteiger partial charge in [0.15, 0.2) is 0 Å². The Labute approximate surface area is 71.7 Å². The zero-order valence-electron chi connectivity index (χ0n) is 6.63. The molecule has 1 heterocycles. The maximum absolute atomic E-state index is 5.07. The van der Waals surface area contributed by atoms with Crippen molar-refractivity contribution in [2.24, 2.45) is 0 Å². The highest BCUT2D eigenvalue weighted by molar-refractivity contribution is 7.71. The number of hydrogen-bond donors (Lipinski definition) is 1. The Morgan fingerprint density at radius 3 is 3.09 bits per heavy atom. The molecule has 0 unspecified atom stereocenters. The zero-order valence-corrected chi connectivity index (χ0v) is 7.45. The standard InChI is InChI=1S/C8H12N2S/c1-2-3-4-7-5-9-6-10-8(7)11/h5-6H,2-4H2,1H3,(H,9,10,11). The fraction of sp³-hybridized carbons (Fsp3) is 0.500. The monoisotopic (exact) mass is 168 g/mol. The second-order valence-corrected chi connectivity index (χ2v) is 2.92. The number of rotatable bonds is 3. The second kappa shape index (κ2) is 4.23. The second-order valence-electron chi connectivity index (χ2n) is 2.51. The molecule has 0 amide bonds. The number of aryl methyl sites for hydroxylation is 1. The van der Waals surface area contributed by atoms with Crippen LogP contribution in [0.4, 0.5) is 0 Å². The van der Waals surface area contributed by atoms with E-state index in [0.717, 1.165) is 16.6 Å². The van der Waals surface area contributed by atoms with Gasteiger partial charge in [0.2, 0.25) is 0 Å². The first-order valence-corrected chi connectivity index (χ1v) is 4.27. The molecule has 1 aromatic heterocycles. The van der Waals surface area contributed by atoms with E-state index in [-0.39, 0.29) is 0 Å². The summed E-state index contributed by atoms with van der Waals surface area (Å²) >= 11 is 5.07. The number of aromatic amines is 1. The van der Waals surface area contributed by atoms with Gasteiger partial charge in [-0.05, 0) is 12.8 Å². The van der Waals surface area contributed by atoms with E-state index in [4.69, 9.17) is 12.2 Å². The molecule has 1 N–H and O–H groups in total. The topological polar surface area (TPSA) is 28.7 Å². The molecule has 0 aliphatic rings. The van der Waals surface area contributed by atoms with E-state index >= 15 is 0 Å². The third-order valence-electron chi connectivity index (χ3n) is 1.59. The highest BCUT2D eigenvalue weighted by atomic mass is 32.1. The van der Waals surface area contributed by atoms with Crippen molar-refractivity contribution >= 4 is 12.2 Å². The highest BCUT2D eigenvalue weighted by Gasteiger charge is 1.93. The van der Waals surface area contributed by atoms with Crippen molar-refractivity contribution < 1.29 is 0 Å². The summed E-state index contributed by atoms with van der Waals surface area (Å²) in [5, 5.41) is 0. The number of hydrogen-bond acceptors (Lipinski definition) is 2. The minimum Gasteiger partial charge on any atom is -0.337 e. The lowest BCUT2D eigenvalue weighted by Crippen LogP contribution is -1.89. The Morgan fingerprint density at radius 2 is 2.45 bits per heavy atom. The Hall–Kier alpha value is -0.700. The van der Waals surface area contributed by atoms with Gasteiger partial charge in [-0.3, -0.25) is 0 Å². The third kappa shape index (κ3) is 2.42. The van der Waals surface area contributed by atoms with Crippen LogP contribution < -0.4 is 0 Å². The lowest BCUT2D eigenvalue weighted by Gasteiger charge is -1.97. The van der Waals surface area contributed by atoms with Crippen molar-refractivity contribution in [1.29, 1.82) is 0 Å². The summed E-state index contributed by atoms with van der Waals surface area (Å²) < 4.78 is 0.827. The quantitative estimate of drug-likeness (QED) is 0.702. The van der Waals surface area contributed by atoms with Gasteiger partial charge in [-0.25, -0.2) is 4.98 Å². The Kier molecular flexibility index (Phi) is 3.23. The molecule has 0 fully saturated rings. The smallest absolute Gasteiger partial charge is 0.109 e. The summed E-state index contributed by atoms with van der Waals surface area (Å²) in [7, 11) is 0. The fourth-order valence-corrected chi connectivity index (χ4v) is 1.13. The summed E-state index contributed by atoms with van der Waals surface area (Å²) in [6.07, 6.45) is 6.89. The van der Waals surface area contributed by atoms with Crippen molar-refractivity contribution in [1.82, 2.24) is 9.97 Å². The van der Waals surface area contributed by atoms with Gasteiger partial charge in [-0.2, -0.15) is 0 Å². The van der Waals surface area contributed by atoms with Crippen molar-refractivity contribution in [2.45, 2.75) is 26.2 Å². The van der Waals surface area contributed by atoms with E-state index in [2.05, 4.69) is 16.9 Å². The SMILES string of the molecule is CCCCc1cnc[nH]c1=S. The molecule has 0 aliphatic carbocycles. The Bertz CT molecular complexity index is 267. The molecule has 1 rings (SSSR count). The van der Waals surface area contributed by atoms with Crippen molar-refractivity contribution in [3.05, 3.63) is 22.7 Å². The molecule has 0 atom stereocenters. The van der Waals surface area contributed by atoms with Crippen molar-refractivity contribution in [2.75, 3.05) is 0 Å². The zero-order chi connectivity index (χ0) is 8.10. The Balaban J connectivity index is 2.70. The van der Waals surface area contributed by atoms with Crippen LogP contribution >= 0.6 is 12.2 Å². The molecule has 0 aromatic carbocycles. The first kappa shape index (κ1) is 8.40. The van der Waals surface area contributed by atoms with E-state index in [1.54, 1.807) is 6.33 Å². The number of nitrogens with one attached hydrogen (secondary N) is 1. The minimum absolute atomic E-state index is 0.827. The summed E-state index contributed by atoms with van der Waals surface area (Å²) in [4.78, 5) is 6.89. The highest BCUT2D eigenvalue weighted by Crippen LogP contribution is 2.02. The van der Waals surface area contributed by atoms with Gasteiger partial charge in [0.1, 0.15) is 4.64 Å². The van der Waals surface area contributed by atoms with E-state index in [1.807, 2.05) is 6.20 Å². The molecule has 0 radical (unpaired) electrons. The summed E-state index contributed by atoms with van der Waals surface area (Å²) in [5.41, 5.74) is 1.16. The lowest BCUT2D eigenvalue weighted by molar-refractivity contribution is 0.785. The maximum Gasteiger partial charge on any atom is 0.109 e. The minimum atomic E-state index is 0.827. The average molecular weight is 168 g/mol. The van der Waals surface area contributed by atoms with Gasteiger partial charge in [0.25, 0.3) is 0 Å². The van der Waals surface area contributed by atoms with Crippen LogP contribution in [0.5, 0.6) is 0 Å². The molecule has 0 saturated heterocycles. The lowest BCUT2D eigenvalue weighted by atomic mass is 10.2. The molecule has 3 heteroatoms. The van der Waals surface area contributed by atoms with E-state index in [9.17, 15) is 0 Å². The third-order valence-corrected chi connectivity index (χ3v) is 1.97. The van der Waals surface area contributed by atoms with Crippen molar-refractivity contribution in [3.63, 3.8) is 0 Å². The molecule has 1 aromatic rings. The van der Waals surface area contributed by atoms with Gasteiger partial charge in [0.05, 0.1) is 6.33 Å². The normalized spacial score (nSPS) is 9.91. The van der Waals surface area contributed by atoms with E-state index in [1.165, 1.54) is 12.8 Å². The van der Waals surface area contributed by atoms with Crippen LogP contribution in [0.3, 0.4) is 0 Å². The Morgan fingerprint density at radius 1 is 1.64 bits per heavy atom. The van der Waals surface area contributed by atoms with Gasteiger partial charge in [-0.15, -0.1) is 0 Å². The predicted octanol–water partition coefficient (Wildman–Crippen LogP) is 2.48. The number of aromatic nitrogens is 2. The molecule has 0 bridgehead atoms. The molecule has 0 aliphatic heterocycles. The van der Waals surface area contributed by atoms with Gasteiger partial charge in [0, 0.05) is 11.8 Å². The summed E-state index contributed by atoms with van der Waals surface area (Å²) in [6, 6.07) is 0. The number of unbranched alkanes of at least 4 members (excludes halogenated alkanes) is 1. The number of nitrogens with zero attached hydrogens (tertiary/aromatic N) is 1. The predicted molar refractivity (Wildman–Crippen MR) is 48.0 cm³/mol. The number of H-pyrrole nitrogens is 1. The molecule has 11 heavy (non-hydrogen) atoms.